The number of hydrogen-bond acceptors (Lipinski definition) is 2. The number of allylic oxidation sites excluding steroid dienone is 1. The molecule has 2 amide bonds. The lowest BCUT2D eigenvalue weighted by molar-refractivity contribution is -0.134. The Bertz CT molecular complexity index is 575. The minimum absolute atomic E-state index is 0.207. The Labute approximate surface area is 134 Å². The smallest absolute Gasteiger partial charge is 0.239 e. The molecule has 0 N–H and O–H groups in total. The van der Waals surface area contributed by atoms with Gasteiger partial charge in [0.05, 0.1) is 5.69 Å². The summed E-state index contributed by atoms with van der Waals surface area (Å²) in [6.07, 6.45) is 0. The second-order valence-electron chi connectivity index (χ2n) is 7.74. The molecule has 0 bridgehead atoms. The Kier molecular flexibility index (Phi) is 5.01. The van der Waals surface area contributed by atoms with Crippen molar-refractivity contribution in [3.05, 3.63) is 36.4 Å². The van der Waals surface area contributed by atoms with Gasteiger partial charge >= 0.3 is 0 Å². The molecule has 0 saturated carbocycles. The van der Waals surface area contributed by atoms with E-state index in [4.69, 9.17) is 0 Å². The van der Waals surface area contributed by atoms with Crippen LogP contribution >= 0.6 is 0 Å². The van der Waals surface area contributed by atoms with Gasteiger partial charge in [0.2, 0.25) is 11.8 Å². The van der Waals surface area contributed by atoms with E-state index in [-0.39, 0.29) is 11.8 Å². The van der Waals surface area contributed by atoms with Crippen LogP contribution in [0.2, 0.25) is 0 Å². The molecule has 0 aliphatic heterocycles. The number of nitrogens with zero attached hydrogens (tertiary/aromatic N) is 1. The highest BCUT2D eigenvalue weighted by atomic mass is 16.2. The van der Waals surface area contributed by atoms with Gasteiger partial charge in [0, 0.05) is 16.4 Å². The number of carbonyl (C=O) groups is 2. The van der Waals surface area contributed by atoms with Crippen molar-refractivity contribution >= 4 is 23.1 Å². The fraction of sp³-hybridized carbons (Fsp3) is 0.474. The van der Waals surface area contributed by atoms with Crippen molar-refractivity contribution in [3.8, 4) is 0 Å². The zero-order valence-corrected chi connectivity index (χ0v) is 14.8. The number of imide groups is 1. The topological polar surface area (TPSA) is 37.4 Å². The SMILES string of the molecule is C=C(C)c1ccccc1N(C(=O)C(C)(C)C)C(=O)C(C)(C)C. The lowest BCUT2D eigenvalue weighted by atomic mass is 9.89. The lowest BCUT2D eigenvalue weighted by Gasteiger charge is -2.33. The van der Waals surface area contributed by atoms with Gasteiger partial charge in [0.1, 0.15) is 0 Å². The summed E-state index contributed by atoms with van der Waals surface area (Å²) in [5.41, 5.74) is 0.947. The molecule has 22 heavy (non-hydrogen) atoms. The molecule has 0 fully saturated rings. The van der Waals surface area contributed by atoms with Crippen LogP contribution in [0.5, 0.6) is 0 Å². The standard InChI is InChI=1S/C19H27NO2/c1-13(2)14-11-9-10-12-15(14)20(16(21)18(3,4)5)17(22)19(6,7)8/h9-12H,1H2,2-8H3. The quantitative estimate of drug-likeness (QED) is 0.796. The van der Waals surface area contributed by atoms with E-state index >= 15 is 0 Å². The largest absolute Gasteiger partial charge is 0.273 e. The minimum atomic E-state index is -0.650. The predicted octanol–water partition coefficient (Wildman–Crippen LogP) is 4.67. The van der Waals surface area contributed by atoms with Crippen molar-refractivity contribution in [2.24, 2.45) is 10.8 Å². The monoisotopic (exact) mass is 301 g/mol. The summed E-state index contributed by atoms with van der Waals surface area (Å²) < 4.78 is 0. The van der Waals surface area contributed by atoms with Gasteiger partial charge < -0.3 is 0 Å². The van der Waals surface area contributed by atoms with Gasteiger partial charge in [-0.15, -0.1) is 0 Å². The number of carbonyl (C=O) groups excluding carboxylic acids is 2. The third-order valence-electron chi connectivity index (χ3n) is 3.29. The Balaban J connectivity index is 3.56. The van der Waals surface area contributed by atoms with Crippen LogP contribution in [0.25, 0.3) is 5.57 Å². The van der Waals surface area contributed by atoms with E-state index in [2.05, 4.69) is 6.58 Å². The van der Waals surface area contributed by atoms with E-state index in [0.717, 1.165) is 11.1 Å². The van der Waals surface area contributed by atoms with Crippen molar-refractivity contribution in [1.29, 1.82) is 0 Å². The molecule has 1 aromatic carbocycles. The highest BCUT2D eigenvalue weighted by Gasteiger charge is 2.38. The van der Waals surface area contributed by atoms with E-state index in [1.165, 1.54) is 4.90 Å². The molecule has 0 unspecified atom stereocenters. The molecule has 0 spiro atoms. The lowest BCUT2D eigenvalue weighted by Crippen LogP contribution is -2.48. The normalized spacial score (nSPS) is 12.0. The summed E-state index contributed by atoms with van der Waals surface area (Å²) in [6, 6.07) is 7.41. The molecule has 3 nitrogen and oxygen atoms in total. The average Bonchev–Trinajstić information content (AvgIpc) is 2.37. The van der Waals surface area contributed by atoms with E-state index in [1.54, 1.807) is 6.07 Å². The summed E-state index contributed by atoms with van der Waals surface area (Å²) in [4.78, 5) is 27.1. The van der Waals surface area contributed by atoms with Gasteiger partial charge in [0.25, 0.3) is 0 Å². The first-order chi connectivity index (χ1) is 9.87. The Morgan fingerprint density at radius 1 is 0.909 bits per heavy atom. The summed E-state index contributed by atoms with van der Waals surface area (Å²) in [7, 11) is 0. The zero-order valence-electron chi connectivity index (χ0n) is 14.8. The van der Waals surface area contributed by atoms with Crippen LogP contribution in [0, 0.1) is 10.8 Å². The number of hydrogen-bond donors (Lipinski definition) is 0. The van der Waals surface area contributed by atoms with Gasteiger partial charge in [-0.25, -0.2) is 4.90 Å². The number of anilines is 1. The van der Waals surface area contributed by atoms with Crippen LogP contribution in [0.4, 0.5) is 5.69 Å². The molecule has 0 heterocycles. The van der Waals surface area contributed by atoms with E-state index in [0.29, 0.717) is 5.69 Å². The van der Waals surface area contributed by atoms with Crippen molar-refractivity contribution in [1.82, 2.24) is 0 Å². The minimum Gasteiger partial charge on any atom is -0.273 e. The van der Waals surface area contributed by atoms with Gasteiger partial charge in [-0.05, 0) is 18.6 Å². The number of rotatable bonds is 2. The molecule has 0 aromatic heterocycles. The van der Waals surface area contributed by atoms with Crippen LogP contribution in [0.1, 0.15) is 54.0 Å². The second-order valence-corrected chi connectivity index (χ2v) is 7.74. The van der Waals surface area contributed by atoms with Crippen LogP contribution < -0.4 is 4.90 Å². The third-order valence-corrected chi connectivity index (χ3v) is 3.29. The molecule has 120 valence electrons. The van der Waals surface area contributed by atoms with E-state index < -0.39 is 10.8 Å². The maximum atomic E-state index is 12.9. The van der Waals surface area contributed by atoms with Gasteiger partial charge in [-0.1, -0.05) is 66.3 Å². The average molecular weight is 301 g/mol. The van der Waals surface area contributed by atoms with Gasteiger partial charge in [0.15, 0.2) is 0 Å². The third kappa shape index (κ3) is 3.85. The molecule has 3 heteroatoms. The van der Waals surface area contributed by atoms with Crippen LogP contribution in [-0.2, 0) is 9.59 Å². The summed E-state index contributed by atoms with van der Waals surface area (Å²) in [6.45, 7) is 16.8. The van der Waals surface area contributed by atoms with Crippen LogP contribution in [-0.4, -0.2) is 11.8 Å². The molecule has 0 atom stereocenters. The zero-order chi connectivity index (χ0) is 17.3. The first kappa shape index (κ1) is 18.1. The van der Waals surface area contributed by atoms with Gasteiger partial charge in [-0.2, -0.15) is 0 Å². The fourth-order valence-electron chi connectivity index (χ4n) is 2.01. The maximum absolute atomic E-state index is 12.9. The summed E-state index contributed by atoms with van der Waals surface area (Å²) >= 11 is 0. The molecule has 0 saturated heterocycles. The predicted molar refractivity (Wildman–Crippen MR) is 92.6 cm³/mol. The molecule has 1 rings (SSSR count). The highest BCUT2D eigenvalue weighted by Crippen LogP contribution is 2.33. The van der Waals surface area contributed by atoms with Crippen molar-refractivity contribution in [2.45, 2.75) is 48.5 Å². The van der Waals surface area contributed by atoms with Crippen molar-refractivity contribution in [2.75, 3.05) is 4.90 Å². The molecular formula is C19H27NO2. The Morgan fingerprint density at radius 3 is 1.68 bits per heavy atom. The Morgan fingerprint density at radius 2 is 1.32 bits per heavy atom. The van der Waals surface area contributed by atoms with Crippen LogP contribution in [0.15, 0.2) is 30.8 Å². The summed E-state index contributed by atoms with van der Waals surface area (Å²) in [5, 5.41) is 0. The molecule has 0 radical (unpaired) electrons. The number of amides is 2. The molecule has 1 aromatic rings. The molecule has 0 aliphatic carbocycles. The van der Waals surface area contributed by atoms with E-state index in [1.807, 2.05) is 66.7 Å². The molecule has 0 aliphatic rings. The Hall–Kier alpha value is -1.90. The number of benzene rings is 1. The van der Waals surface area contributed by atoms with Crippen molar-refractivity contribution in [3.63, 3.8) is 0 Å². The second kappa shape index (κ2) is 6.07. The van der Waals surface area contributed by atoms with E-state index in [9.17, 15) is 9.59 Å². The first-order valence-corrected chi connectivity index (χ1v) is 7.51. The summed E-state index contributed by atoms with van der Waals surface area (Å²) in [5.74, 6) is -0.415. The van der Waals surface area contributed by atoms with Crippen LogP contribution in [0.3, 0.4) is 0 Å². The highest BCUT2D eigenvalue weighted by molar-refractivity contribution is 6.18. The van der Waals surface area contributed by atoms with Gasteiger partial charge in [-0.3, -0.25) is 9.59 Å². The number of para-hydroxylation sites is 1. The molecular weight excluding hydrogens is 274 g/mol. The fourth-order valence-corrected chi connectivity index (χ4v) is 2.01. The first-order valence-electron chi connectivity index (χ1n) is 7.51. The maximum Gasteiger partial charge on any atom is 0.239 e. The van der Waals surface area contributed by atoms with Crippen molar-refractivity contribution < 1.29 is 9.59 Å².